The number of Topliss-reactive ketones (excluding diaryl/α,β-unsaturated/α-hetero) is 1. The number of urea groups is 1. The maximum atomic E-state index is 12.8. The van der Waals surface area contributed by atoms with Crippen LogP contribution in [-0.4, -0.2) is 51.7 Å². The van der Waals surface area contributed by atoms with Crippen molar-refractivity contribution in [2.45, 2.75) is 99.0 Å². The Hall–Kier alpha value is -4.31. The summed E-state index contributed by atoms with van der Waals surface area (Å²) in [5.74, 6) is 3.07. The molecule has 0 radical (unpaired) electrons. The van der Waals surface area contributed by atoms with E-state index in [-0.39, 0.29) is 23.3 Å². The van der Waals surface area contributed by atoms with Crippen LogP contribution in [0, 0.1) is 11.3 Å². The standard InChI is InChI=1S/C38H54N8O2/c1-24-12-11-13-29(20-24)36-45-33(34-35(39)42-23-31(46(34)36)14-9-10-19-41-26(3)22-27(4)47)28-15-17-30(18-16-28)43-37(48)44-32(40-8)21-25(2)38(5,6)7/h9,14-18,21,23-24,26,29,41H,10-13,19-20,22H2,1-8H3,(H2,39,42)(H2,40,43,44,48)/b14-9+,25-21+/t24?,26?,29-/m1/s1. The molecule has 5 N–H and O–H groups in total. The number of aliphatic imine (C=N–C) groups is 1. The number of amides is 2. The fourth-order valence-corrected chi connectivity index (χ4v) is 6.14. The van der Waals surface area contributed by atoms with Gasteiger partial charge in [0.1, 0.15) is 34.5 Å². The summed E-state index contributed by atoms with van der Waals surface area (Å²) in [7, 11) is 1.66. The summed E-state index contributed by atoms with van der Waals surface area (Å²) in [6.07, 6.45) is 13.8. The van der Waals surface area contributed by atoms with Gasteiger partial charge in [-0.15, -0.1) is 0 Å². The van der Waals surface area contributed by atoms with E-state index in [0.29, 0.717) is 35.6 Å². The lowest BCUT2D eigenvalue weighted by molar-refractivity contribution is -0.117. The first-order chi connectivity index (χ1) is 22.8. The van der Waals surface area contributed by atoms with Crippen LogP contribution in [-0.2, 0) is 4.79 Å². The quantitative estimate of drug-likeness (QED) is 0.0946. The SMILES string of the molecule is C/N=C(\C=C(/C)C(C)(C)C)NC(=O)Nc1ccc(-c2nc([C@@H]3CCCC(C)C3)n3c(/C=C/CCNC(C)CC(C)=O)cnc(N)c23)cc1. The number of nitrogens with one attached hydrogen (secondary N) is 3. The van der Waals surface area contributed by atoms with E-state index in [2.05, 4.69) is 70.2 Å². The Kier molecular flexibility index (Phi) is 12.3. The number of anilines is 2. The van der Waals surface area contributed by atoms with E-state index >= 15 is 0 Å². The predicted octanol–water partition coefficient (Wildman–Crippen LogP) is 7.77. The van der Waals surface area contributed by atoms with E-state index in [1.54, 1.807) is 14.0 Å². The Morgan fingerprint density at radius 2 is 1.90 bits per heavy atom. The first-order valence-electron chi connectivity index (χ1n) is 17.2. The number of imidazole rings is 1. The maximum Gasteiger partial charge on any atom is 0.324 e. The topological polar surface area (TPSA) is 139 Å². The number of nitrogens with two attached hydrogens (primary N) is 1. The summed E-state index contributed by atoms with van der Waals surface area (Å²) in [4.78, 5) is 38.3. The lowest BCUT2D eigenvalue weighted by Gasteiger charge is -2.26. The fraction of sp³-hybridized carbons (Fsp3) is 0.500. The third kappa shape index (κ3) is 9.62. The summed E-state index contributed by atoms with van der Waals surface area (Å²) >= 11 is 0. The number of nitrogens with zero attached hydrogens (tertiary/aromatic N) is 4. The van der Waals surface area contributed by atoms with E-state index < -0.39 is 0 Å². The van der Waals surface area contributed by atoms with Crippen molar-refractivity contribution >= 4 is 40.7 Å². The first kappa shape index (κ1) is 36.5. The minimum atomic E-state index is -0.365. The van der Waals surface area contributed by atoms with Gasteiger partial charge in [0, 0.05) is 36.7 Å². The number of ketones is 1. The monoisotopic (exact) mass is 654 g/mol. The van der Waals surface area contributed by atoms with Crippen molar-refractivity contribution in [2.75, 3.05) is 24.6 Å². The first-order valence-corrected chi connectivity index (χ1v) is 17.2. The molecule has 3 atom stereocenters. The van der Waals surface area contributed by atoms with Gasteiger partial charge < -0.3 is 16.4 Å². The summed E-state index contributed by atoms with van der Waals surface area (Å²) in [6, 6.07) is 7.44. The predicted molar refractivity (Wildman–Crippen MR) is 198 cm³/mol. The molecule has 258 valence electrons. The zero-order chi connectivity index (χ0) is 35.0. The molecule has 0 bridgehead atoms. The number of allylic oxidation sites excluding steroid dienone is 1. The number of benzene rings is 1. The molecule has 2 aromatic heterocycles. The van der Waals surface area contributed by atoms with Crippen molar-refractivity contribution in [1.29, 1.82) is 0 Å². The highest BCUT2D eigenvalue weighted by molar-refractivity contribution is 6.08. The number of aromatic nitrogens is 3. The van der Waals surface area contributed by atoms with Gasteiger partial charge in [0.15, 0.2) is 0 Å². The molecular formula is C38H54N8O2. The molecule has 0 saturated heterocycles. The van der Waals surface area contributed by atoms with Crippen LogP contribution in [0.1, 0.15) is 104 Å². The number of hydrogen-bond donors (Lipinski definition) is 4. The van der Waals surface area contributed by atoms with Gasteiger partial charge in [-0.1, -0.05) is 64.3 Å². The highest BCUT2D eigenvalue weighted by atomic mass is 16.2. The number of rotatable bonds is 11. The van der Waals surface area contributed by atoms with Crippen molar-refractivity contribution < 1.29 is 9.59 Å². The van der Waals surface area contributed by atoms with Gasteiger partial charge in [-0.05, 0) is 82.2 Å². The van der Waals surface area contributed by atoms with Gasteiger partial charge in [0.25, 0.3) is 0 Å². The van der Waals surface area contributed by atoms with Crippen molar-refractivity contribution in [2.24, 2.45) is 16.3 Å². The van der Waals surface area contributed by atoms with E-state index in [1.807, 2.05) is 50.4 Å². The molecule has 0 aliphatic heterocycles. The number of carbonyl (C=O) groups excluding carboxylic acids is 2. The molecule has 48 heavy (non-hydrogen) atoms. The molecule has 1 aliphatic rings. The van der Waals surface area contributed by atoms with E-state index in [0.717, 1.165) is 59.7 Å². The highest BCUT2D eigenvalue weighted by Gasteiger charge is 2.28. The molecule has 4 rings (SSSR count). The van der Waals surface area contributed by atoms with Gasteiger partial charge in [0.2, 0.25) is 0 Å². The van der Waals surface area contributed by atoms with Crippen LogP contribution in [0.3, 0.4) is 0 Å². The molecular weight excluding hydrogens is 600 g/mol. The summed E-state index contributed by atoms with van der Waals surface area (Å²) < 4.78 is 2.20. The van der Waals surface area contributed by atoms with Crippen LogP contribution >= 0.6 is 0 Å². The normalized spacial score (nSPS) is 18.3. The van der Waals surface area contributed by atoms with Crippen molar-refractivity contribution in [3.63, 3.8) is 0 Å². The molecule has 2 unspecified atom stereocenters. The summed E-state index contributed by atoms with van der Waals surface area (Å²) in [5, 5.41) is 9.17. The molecule has 10 nitrogen and oxygen atoms in total. The Labute approximate surface area is 285 Å². The fourth-order valence-electron chi connectivity index (χ4n) is 6.14. The lowest BCUT2D eigenvalue weighted by atomic mass is 9.82. The number of fused-ring (bicyclic) bond motifs is 1. The largest absolute Gasteiger partial charge is 0.382 e. The van der Waals surface area contributed by atoms with Crippen LogP contribution < -0.4 is 21.7 Å². The van der Waals surface area contributed by atoms with Crippen molar-refractivity contribution in [1.82, 2.24) is 25.0 Å². The van der Waals surface area contributed by atoms with Crippen LogP contribution in [0.2, 0.25) is 0 Å². The molecule has 1 fully saturated rings. The van der Waals surface area contributed by atoms with Crippen molar-refractivity contribution in [3.8, 4) is 11.3 Å². The Morgan fingerprint density at radius 3 is 2.54 bits per heavy atom. The number of amidine groups is 1. The number of carbonyl (C=O) groups is 2. The van der Waals surface area contributed by atoms with Gasteiger partial charge in [-0.25, -0.2) is 14.8 Å². The molecule has 10 heteroatoms. The summed E-state index contributed by atoms with van der Waals surface area (Å²) in [6.45, 7) is 15.1. The second-order valence-electron chi connectivity index (χ2n) is 14.3. The third-order valence-electron chi connectivity index (χ3n) is 9.16. The zero-order valence-corrected chi connectivity index (χ0v) is 30.0. The number of nitrogen functional groups attached to an aromatic ring is 1. The van der Waals surface area contributed by atoms with Crippen LogP contribution in [0.5, 0.6) is 0 Å². The third-order valence-corrected chi connectivity index (χ3v) is 9.16. The van der Waals surface area contributed by atoms with Gasteiger partial charge in [-0.3, -0.25) is 19.5 Å². The van der Waals surface area contributed by atoms with Crippen molar-refractivity contribution in [3.05, 3.63) is 59.7 Å². The maximum absolute atomic E-state index is 12.8. The molecule has 1 saturated carbocycles. The average Bonchev–Trinajstić information content (AvgIpc) is 3.43. The molecule has 3 aromatic rings. The highest BCUT2D eigenvalue weighted by Crippen LogP contribution is 2.39. The van der Waals surface area contributed by atoms with E-state index in [1.165, 1.54) is 12.8 Å². The van der Waals surface area contributed by atoms with Crippen LogP contribution in [0.4, 0.5) is 16.3 Å². The van der Waals surface area contributed by atoms with Gasteiger partial charge in [-0.2, -0.15) is 0 Å². The van der Waals surface area contributed by atoms with Gasteiger partial charge >= 0.3 is 6.03 Å². The Morgan fingerprint density at radius 1 is 1.17 bits per heavy atom. The second-order valence-corrected chi connectivity index (χ2v) is 14.3. The van der Waals surface area contributed by atoms with Crippen LogP contribution in [0.15, 0.2) is 53.2 Å². The molecule has 0 spiro atoms. The van der Waals surface area contributed by atoms with Gasteiger partial charge in [0.05, 0.1) is 11.9 Å². The average molecular weight is 655 g/mol. The van der Waals surface area contributed by atoms with E-state index in [9.17, 15) is 9.59 Å². The zero-order valence-electron chi connectivity index (χ0n) is 30.0. The molecule has 1 aromatic carbocycles. The molecule has 1 aliphatic carbocycles. The summed E-state index contributed by atoms with van der Waals surface area (Å²) in [5.41, 5.74) is 11.7. The smallest absolute Gasteiger partial charge is 0.324 e. The Balaban J connectivity index is 1.60. The van der Waals surface area contributed by atoms with E-state index in [4.69, 9.17) is 10.7 Å². The Bertz CT molecular complexity index is 1680. The molecule has 2 amide bonds. The minimum absolute atomic E-state index is 0.0277. The molecule has 2 heterocycles. The van der Waals surface area contributed by atoms with Crippen LogP contribution in [0.25, 0.3) is 22.9 Å². The second kappa shape index (κ2) is 16.2. The number of hydrogen-bond acceptors (Lipinski definition) is 7. The lowest BCUT2D eigenvalue weighted by Crippen LogP contribution is -2.33. The minimum Gasteiger partial charge on any atom is -0.382 e.